The maximum Gasteiger partial charge on any atom is 0.354 e. The van der Waals surface area contributed by atoms with Crippen LogP contribution in [-0.2, 0) is 17.6 Å². The molecule has 1 aromatic carbocycles. The van der Waals surface area contributed by atoms with Crippen molar-refractivity contribution in [3.05, 3.63) is 65.0 Å². The Labute approximate surface area is 119 Å². The Balaban J connectivity index is 2.10. The molecule has 0 fully saturated rings. The van der Waals surface area contributed by atoms with Crippen molar-refractivity contribution in [1.82, 2.24) is 4.98 Å². The highest BCUT2D eigenvalue weighted by Crippen LogP contribution is 2.12. The number of aromatic nitrogens is 1. The van der Waals surface area contributed by atoms with E-state index in [-0.39, 0.29) is 29.9 Å². The van der Waals surface area contributed by atoms with Crippen LogP contribution in [0.2, 0.25) is 0 Å². The molecule has 0 aliphatic heterocycles. The van der Waals surface area contributed by atoms with Gasteiger partial charge in [-0.3, -0.25) is 4.79 Å². The smallest absolute Gasteiger partial charge is 0.354 e. The lowest BCUT2D eigenvalue weighted by molar-refractivity contribution is -0.117. The van der Waals surface area contributed by atoms with Gasteiger partial charge in [0.15, 0.2) is 0 Å². The van der Waals surface area contributed by atoms with Gasteiger partial charge < -0.3 is 5.11 Å². The Kier molecular flexibility index (Phi) is 4.37. The number of benzene rings is 1. The van der Waals surface area contributed by atoms with Gasteiger partial charge in [-0.25, -0.2) is 18.6 Å². The van der Waals surface area contributed by atoms with Crippen molar-refractivity contribution in [2.45, 2.75) is 12.8 Å². The van der Waals surface area contributed by atoms with Crippen LogP contribution in [0.25, 0.3) is 0 Å². The fraction of sp³-hybridized carbons (Fsp3) is 0.133. The highest BCUT2D eigenvalue weighted by Gasteiger charge is 2.12. The fourth-order valence-electron chi connectivity index (χ4n) is 1.88. The number of ketones is 1. The molecule has 0 saturated heterocycles. The minimum Gasteiger partial charge on any atom is -0.477 e. The molecule has 0 atom stereocenters. The highest BCUT2D eigenvalue weighted by molar-refractivity contribution is 5.87. The summed E-state index contributed by atoms with van der Waals surface area (Å²) in [5, 5.41) is 8.81. The van der Waals surface area contributed by atoms with E-state index in [2.05, 4.69) is 4.98 Å². The normalized spacial score (nSPS) is 10.4. The molecule has 0 unspecified atom stereocenters. The average molecular weight is 291 g/mol. The summed E-state index contributed by atoms with van der Waals surface area (Å²) in [6, 6.07) is 5.70. The Morgan fingerprint density at radius 2 is 1.86 bits per heavy atom. The average Bonchev–Trinajstić information content (AvgIpc) is 2.43. The monoisotopic (exact) mass is 291 g/mol. The van der Waals surface area contributed by atoms with Crippen LogP contribution in [0.4, 0.5) is 8.78 Å². The van der Waals surface area contributed by atoms with Crippen LogP contribution >= 0.6 is 0 Å². The lowest BCUT2D eigenvalue weighted by atomic mass is 10.0. The number of nitrogens with zero attached hydrogens (tertiary/aromatic N) is 1. The topological polar surface area (TPSA) is 67.3 Å². The first-order valence-electron chi connectivity index (χ1n) is 6.09. The molecule has 1 aromatic heterocycles. The summed E-state index contributed by atoms with van der Waals surface area (Å²) < 4.78 is 26.4. The lowest BCUT2D eigenvalue weighted by Gasteiger charge is -2.04. The molecule has 0 amide bonds. The first-order chi connectivity index (χ1) is 9.95. The quantitative estimate of drug-likeness (QED) is 0.918. The van der Waals surface area contributed by atoms with Gasteiger partial charge in [0.25, 0.3) is 0 Å². The van der Waals surface area contributed by atoms with Crippen LogP contribution in [-0.4, -0.2) is 21.8 Å². The van der Waals surface area contributed by atoms with Gasteiger partial charge >= 0.3 is 5.97 Å². The van der Waals surface area contributed by atoms with Crippen molar-refractivity contribution in [2.24, 2.45) is 0 Å². The maximum absolute atomic E-state index is 13.4. The first kappa shape index (κ1) is 14.8. The van der Waals surface area contributed by atoms with Gasteiger partial charge in [0.1, 0.15) is 23.1 Å². The summed E-state index contributed by atoms with van der Waals surface area (Å²) >= 11 is 0. The second kappa shape index (κ2) is 6.21. The number of Topliss-reactive ketones (excluding diaryl/α,β-unsaturated/α-hetero) is 1. The molecule has 0 aliphatic rings. The zero-order valence-electron chi connectivity index (χ0n) is 10.8. The van der Waals surface area contributed by atoms with Gasteiger partial charge in [-0.1, -0.05) is 0 Å². The van der Waals surface area contributed by atoms with Crippen molar-refractivity contribution in [2.75, 3.05) is 0 Å². The molecule has 0 aliphatic carbocycles. The SMILES string of the molecule is O=C(Cc1ccnc(C(=O)O)c1)Cc1cc(F)ccc1F. The van der Waals surface area contributed by atoms with E-state index in [1.807, 2.05) is 0 Å². The first-order valence-corrected chi connectivity index (χ1v) is 6.09. The molecule has 1 N–H and O–H groups in total. The number of pyridine rings is 1. The summed E-state index contributed by atoms with van der Waals surface area (Å²) in [6.45, 7) is 0. The third kappa shape index (κ3) is 3.92. The van der Waals surface area contributed by atoms with Crippen LogP contribution in [0.1, 0.15) is 21.6 Å². The third-order valence-corrected chi connectivity index (χ3v) is 2.84. The number of aromatic carboxylic acids is 1. The fourth-order valence-corrected chi connectivity index (χ4v) is 1.88. The molecule has 1 heterocycles. The van der Waals surface area contributed by atoms with E-state index in [9.17, 15) is 18.4 Å². The van der Waals surface area contributed by atoms with Crippen molar-refractivity contribution in [3.8, 4) is 0 Å². The van der Waals surface area contributed by atoms with Crippen LogP contribution in [0.3, 0.4) is 0 Å². The number of hydrogen-bond donors (Lipinski definition) is 1. The zero-order chi connectivity index (χ0) is 15.4. The predicted molar refractivity (Wildman–Crippen MR) is 70.0 cm³/mol. The highest BCUT2D eigenvalue weighted by atomic mass is 19.1. The molecule has 6 heteroatoms. The van der Waals surface area contributed by atoms with Crippen molar-refractivity contribution >= 4 is 11.8 Å². The standard InChI is InChI=1S/C15H11F2NO3/c16-11-1-2-13(17)10(7-11)8-12(19)5-9-3-4-18-14(6-9)15(20)21/h1-4,6-7H,5,8H2,(H,20,21). The molecular weight excluding hydrogens is 280 g/mol. The Bertz CT molecular complexity index is 701. The van der Waals surface area contributed by atoms with Crippen molar-refractivity contribution < 1.29 is 23.5 Å². The van der Waals surface area contributed by atoms with Crippen LogP contribution in [0, 0.1) is 11.6 Å². The molecule has 2 rings (SSSR count). The maximum atomic E-state index is 13.4. The second-order valence-electron chi connectivity index (χ2n) is 4.48. The van der Waals surface area contributed by atoms with Gasteiger partial charge in [0, 0.05) is 19.0 Å². The molecule has 0 bridgehead atoms. The Morgan fingerprint density at radius 3 is 2.57 bits per heavy atom. The van der Waals surface area contributed by atoms with E-state index in [4.69, 9.17) is 5.11 Å². The molecule has 0 saturated carbocycles. The summed E-state index contributed by atoms with van der Waals surface area (Å²) in [6.07, 6.45) is 0.960. The van der Waals surface area contributed by atoms with E-state index in [1.165, 1.54) is 18.3 Å². The number of carbonyl (C=O) groups excluding carboxylic acids is 1. The van der Waals surface area contributed by atoms with Crippen LogP contribution in [0.5, 0.6) is 0 Å². The Morgan fingerprint density at radius 1 is 1.10 bits per heavy atom. The molecule has 2 aromatic rings. The largest absolute Gasteiger partial charge is 0.477 e. The summed E-state index contributed by atoms with van der Waals surface area (Å²) in [7, 11) is 0. The van der Waals surface area contributed by atoms with E-state index in [0.717, 1.165) is 18.2 Å². The molecule has 4 nitrogen and oxygen atoms in total. The van der Waals surface area contributed by atoms with Gasteiger partial charge in [-0.15, -0.1) is 0 Å². The van der Waals surface area contributed by atoms with Gasteiger partial charge in [-0.05, 0) is 41.5 Å². The minimum atomic E-state index is -1.19. The molecule has 21 heavy (non-hydrogen) atoms. The number of carboxylic acid groups (broad SMARTS) is 1. The summed E-state index contributed by atoms with van der Waals surface area (Å²) in [4.78, 5) is 26.3. The molecule has 108 valence electrons. The Hall–Kier alpha value is -2.63. The summed E-state index contributed by atoms with van der Waals surface area (Å²) in [5.41, 5.74) is 0.272. The zero-order valence-corrected chi connectivity index (χ0v) is 10.8. The third-order valence-electron chi connectivity index (χ3n) is 2.84. The lowest BCUT2D eigenvalue weighted by Crippen LogP contribution is -2.09. The summed E-state index contributed by atoms with van der Waals surface area (Å²) in [5.74, 6) is -2.80. The predicted octanol–water partition coefficient (Wildman–Crippen LogP) is 2.41. The van der Waals surface area contributed by atoms with Gasteiger partial charge in [0.05, 0.1) is 0 Å². The van der Waals surface area contributed by atoms with E-state index >= 15 is 0 Å². The molecular formula is C15H11F2NO3. The van der Waals surface area contributed by atoms with Crippen LogP contribution in [0.15, 0.2) is 36.5 Å². The van der Waals surface area contributed by atoms with E-state index in [1.54, 1.807) is 0 Å². The minimum absolute atomic E-state index is 0.0208. The van der Waals surface area contributed by atoms with E-state index < -0.39 is 17.6 Å². The van der Waals surface area contributed by atoms with Crippen molar-refractivity contribution in [3.63, 3.8) is 0 Å². The van der Waals surface area contributed by atoms with Gasteiger partial charge in [-0.2, -0.15) is 0 Å². The number of halogens is 2. The number of rotatable bonds is 5. The van der Waals surface area contributed by atoms with Crippen molar-refractivity contribution in [1.29, 1.82) is 0 Å². The van der Waals surface area contributed by atoms with Gasteiger partial charge in [0.2, 0.25) is 0 Å². The number of carbonyl (C=O) groups is 2. The number of hydrogen-bond acceptors (Lipinski definition) is 3. The number of carboxylic acids is 1. The van der Waals surface area contributed by atoms with E-state index in [0.29, 0.717) is 5.56 Å². The molecule has 0 radical (unpaired) electrons. The second-order valence-corrected chi connectivity index (χ2v) is 4.48. The molecule has 0 spiro atoms. The van der Waals surface area contributed by atoms with Crippen LogP contribution < -0.4 is 0 Å².